The first-order chi connectivity index (χ1) is 15.1. The Morgan fingerprint density at radius 2 is 1.97 bits per heavy atom. The molecule has 1 aromatic carbocycles. The SMILES string of the molecule is CN(C(=O)C(CC(=O)OC(C)(C)C)CN1CCOCC1)c1nc(-c2ccccc2Cl)cs1. The summed E-state index contributed by atoms with van der Waals surface area (Å²) in [5, 5.41) is 3.04. The topological polar surface area (TPSA) is 72.0 Å². The second-order valence-electron chi connectivity index (χ2n) is 8.79. The molecule has 174 valence electrons. The minimum absolute atomic E-state index is 0.0144. The Balaban J connectivity index is 1.76. The number of aromatic nitrogens is 1. The lowest BCUT2D eigenvalue weighted by molar-refractivity contribution is -0.157. The lowest BCUT2D eigenvalue weighted by Gasteiger charge is -2.31. The summed E-state index contributed by atoms with van der Waals surface area (Å²) in [6, 6.07) is 7.46. The number of carbonyl (C=O) groups is 2. The van der Waals surface area contributed by atoms with Crippen molar-refractivity contribution >= 4 is 39.9 Å². The Hall–Kier alpha value is -2.00. The number of ether oxygens (including phenoxy) is 2. The number of nitrogens with zero attached hydrogens (tertiary/aromatic N) is 3. The van der Waals surface area contributed by atoms with Gasteiger partial charge < -0.3 is 9.47 Å². The predicted octanol–water partition coefficient (Wildman–Crippen LogP) is 4.11. The van der Waals surface area contributed by atoms with Crippen LogP contribution in [0.15, 0.2) is 29.6 Å². The van der Waals surface area contributed by atoms with Gasteiger partial charge in [-0.05, 0) is 26.8 Å². The molecule has 1 fully saturated rings. The molecule has 1 aliphatic rings. The molecule has 1 amide bonds. The van der Waals surface area contributed by atoms with Crippen molar-refractivity contribution < 1.29 is 19.1 Å². The van der Waals surface area contributed by atoms with Gasteiger partial charge in [-0.15, -0.1) is 11.3 Å². The van der Waals surface area contributed by atoms with Gasteiger partial charge in [0.05, 0.1) is 31.2 Å². The van der Waals surface area contributed by atoms with E-state index in [9.17, 15) is 9.59 Å². The molecular weight excluding hydrogens is 450 g/mol. The Kier molecular flexibility index (Phi) is 8.27. The Labute approximate surface area is 198 Å². The van der Waals surface area contributed by atoms with E-state index in [0.717, 1.165) is 18.7 Å². The maximum absolute atomic E-state index is 13.4. The molecule has 1 saturated heterocycles. The van der Waals surface area contributed by atoms with Crippen LogP contribution >= 0.6 is 22.9 Å². The van der Waals surface area contributed by atoms with Crippen molar-refractivity contribution in [3.63, 3.8) is 0 Å². The van der Waals surface area contributed by atoms with E-state index in [0.29, 0.717) is 35.6 Å². The van der Waals surface area contributed by atoms with Crippen LogP contribution in [-0.2, 0) is 19.1 Å². The quantitative estimate of drug-likeness (QED) is 0.556. The van der Waals surface area contributed by atoms with Gasteiger partial charge in [-0.1, -0.05) is 29.8 Å². The zero-order valence-corrected chi connectivity index (χ0v) is 20.5. The molecule has 1 aromatic heterocycles. The number of amides is 1. The molecule has 2 heterocycles. The van der Waals surface area contributed by atoms with Crippen LogP contribution in [0.4, 0.5) is 5.13 Å². The summed E-state index contributed by atoms with van der Waals surface area (Å²) < 4.78 is 10.9. The van der Waals surface area contributed by atoms with Crippen molar-refractivity contribution in [2.24, 2.45) is 5.92 Å². The van der Waals surface area contributed by atoms with Gasteiger partial charge in [0.1, 0.15) is 5.60 Å². The maximum atomic E-state index is 13.4. The van der Waals surface area contributed by atoms with Crippen LogP contribution in [0, 0.1) is 5.92 Å². The van der Waals surface area contributed by atoms with Crippen LogP contribution in [0.1, 0.15) is 27.2 Å². The highest BCUT2D eigenvalue weighted by Crippen LogP contribution is 2.32. The average molecular weight is 480 g/mol. The Bertz CT molecular complexity index is 937. The zero-order valence-electron chi connectivity index (χ0n) is 19.0. The molecule has 7 nitrogen and oxygen atoms in total. The third-order valence-corrected chi connectivity index (χ3v) is 6.27. The molecule has 1 aliphatic heterocycles. The van der Waals surface area contributed by atoms with Gasteiger partial charge in [-0.3, -0.25) is 19.4 Å². The molecule has 0 saturated carbocycles. The predicted molar refractivity (Wildman–Crippen MR) is 127 cm³/mol. The van der Waals surface area contributed by atoms with Crippen LogP contribution in [0.3, 0.4) is 0 Å². The molecule has 0 bridgehead atoms. The van der Waals surface area contributed by atoms with Crippen molar-refractivity contribution in [1.82, 2.24) is 9.88 Å². The van der Waals surface area contributed by atoms with Crippen molar-refractivity contribution in [2.75, 3.05) is 44.8 Å². The molecule has 0 radical (unpaired) electrons. The number of morpholine rings is 1. The number of thiazole rings is 1. The molecule has 1 atom stereocenters. The van der Waals surface area contributed by atoms with Gasteiger partial charge in [0.2, 0.25) is 5.91 Å². The van der Waals surface area contributed by atoms with E-state index in [1.54, 1.807) is 7.05 Å². The minimum atomic E-state index is -0.602. The number of carbonyl (C=O) groups excluding carboxylic acids is 2. The van der Waals surface area contributed by atoms with E-state index in [1.807, 2.05) is 50.4 Å². The molecular formula is C23H30ClN3O4S. The van der Waals surface area contributed by atoms with E-state index in [-0.39, 0.29) is 18.3 Å². The van der Waals surface area contributed by atoms with Gasteiger partial charge in [-0.25, -0.2) is 4.98 Å². The molecule has 3 rings (SSSR count). The number of halogens is 1. The lowest BCUT2D eigenvalue weighted by Crippen LogP contribution is -2.45. The fourth-order valence-electron chi connectivity index (χ4n) is 3.49. The van der Waals surface area contributed by atoms with E-state index < -0.39 is 11.5 Å². The highest BCUT2D eigenvalue weighted by molar-refractivity contribution is 7.14. The molecule has 0 aliphatic carbocycles. The number of benzene rings is 1. The smallest absolute Gasteiger partial charge is 0.307 e. The summed E-state index contributed by atoms with van der Waals surface area (Å²) in [5.74, 6) is -1.09. The number of esters is 1. The normalized spacial score (nSPS) is 15.9. The molecule has 32 heavy (non-hydrogen) atoms. The van der Waals surface area contributed by atoms with Crippen molar-refractivity contribution in [3.05, 3.63) is 34.7 Å². The van der Waals surface area contributed by atoms with Crippen LogP contribution in [0.5, 0.6) is 0 Å². The summed E-state index contributed by atoms with van der Waals surface area (Å²) in [4.78, 5) is 34.3. The molecule has 0 N–H and O–H groups in total. The first kappa shape index (κ1) is 24.6. The average Bonchev–Trinajstić information content (AvgIpc) is 3.22. The summed E-state index contributed by atoms with van der Waals surface area (Å²) in [5.41, 5.74) is 0.928. The lowest BCUT2D eigenvalue weighted by atomic mass is 10.0. The standard InChI is InChI=1S/C23H30ClN3O4S/c1-23(2,3)31-20(28)13-16(14-27-9-11-30-12-10-27)21(29)26(4)22-25-19(15-32-22)17-7-5-6-8-18(17)24/h5-8,15-16H,9-14H2,1-4H3. The molecule has 2 aromatic rings. The molecule has 1 unspecified atom stereocenters. The zero-order chi connectivity index (χ0) is 23.3. The first-order valence-corrected chi connectivity index (χ1v) is 11.9. The van der Waals surface area contributed by atoms with Gasteiger partial charge in [0.15, 0.2) is 5.13 Å². The van der Waals surface area contributed by atoms with Crippen LogP contribution < -0.4 is 4.90 Å². The van der Waals surface area contributed by atoms with Crippen LogP contribution in [0.25, 0.3) is 11.3 Å². The van der Waals surface area contributed by atoms with E-state index >= 15 is 0 Å². The fraction of sp³-hybridized carbons (Fsp3) is 0.522. The summed E-state index contributed by atoms with van der Waals surface area (Å²) in [6.45, 7) is 8.64. The Morgan fingerprint density at radius 1 is 1.28 bits per heavy atom. The first-order valence-electron chi connectivity index (χ1n) is 10.6. The highest BCUT2D eigenvalue weighted by Gasteiger charge is 2.31. The summed E-state index contributed by atoms with van der Waals surface area (Å²) in [7, 11) is 1.69. The van der Waals surface area contributed by atoms with Gasteiger partial charge in [0, 0.05) is 42.6 Å². The largest absolute Gasteiger partial charge is 0.460 e. The van der Waals surface area contributed by atoms with Gasteiger partial charge in [-0.2, -0.15) is 0 Å². The van der Waals surface area contributed by atoms with E-state index in [1.165, 1.54) is 16.2 Å². The number of hydrogen-bond acceptors (Lipinski definition) is 7. The van der Waals surface area contributed by atoms with Gasteiger partial charge in [0.25, 0.3) is 0 Å². The molecule has 9 heteroatoms. The van der Waals surface area contributed by atoms with Crippen molar-refractivity contribution in [2.45, 2.75) is 32.8 Å². The summed E-state index contributed by atoms with van der Waals surface area (Å²) in [6.07, 6.45) is 0.0144. The monoisotopic (exact) mass is 479 g/mol. The Morgan fingerprint density at radius 3 is 2.62 bits per heavy atom. The number of rotatable bonds is 7. The fourth-order valence-corrected chi connectivity index (χ4v) is 4.52. The van der Waals surface area contributed by atoms with Gasteiger partial charge >= 0.3 is 5.97 Å². The maximum Gasteiger partial charge on any atom is 0.307 e. The third kappa shape index (κ3) is 6.75. The van der Waals surface area contributed by atoms with E-state index in [4.69, 9.17) is 21.1 Å². The number of hydrogen-bond donors (Lipinski definition) is 0. The third-order valence-electron chi connectivity index (χ3n) is 5.02. The van der Waals surface area contributed by atoms with E-state index in [2.05, 4.69) is 9.88 Å². The minimum Gasteiger partial charge on any atom is -0.460 e. The highest BCUT2D eigenvalue weighted by atomic mass is 35.5. The second kappa shape index (κ2) is 10.7. The van der Waals surface area contributed by atoms with Crippen LogP contribution in [0.2, 0.25) is 5.02 Å². The number of anilines is 1. The second-order valence-corrected chi connectivity index (χ2v) is 10.0. The van der Waals surface area contributed by atoms with Crippen molar-refractivity contribution in [1.29, 1.82) is 0 Å². The van der Waals surface area contributed by atoms with Crippen molar-refractivity contribution in [3.8, 4) is 11.3 Å². The molecule has 0 spiro atoms. The summed E-state index contributed by atoms with van der Waals surface area (Å²) >= 11 is 7.66. The van der Waals surface area contributed by atoms with Crippen LogP contribution in [-0.4, -0.2) is 67.3 Å².